The second kappa shape index (κ2) is 7.82. The number of hydrogen-bond donors (Lipinski definition) is 0. The van der Waals surface area contributed by atoms with Crippen LogP contribution in [0.5, 0.6) is 11.5 Å². The molecule has 7 nitrogen and oxygen atoms in total. The standard InChI is InChI=1S/C20H25N3O4/c1-13-9-19(24)23(21-14(13)2)12-20(25)22-8-7-15(11-22)17-10-16(26-3)5-6-18(17)27-4/h5-6,9-10,15H,7-8,11-12H2,1-4H3/t15-/m0/s1. The Morgan fingerprint density at radius 3 is 2.70 bits per heavy atom. The SMILES string of the molecule is COc1ccc(OC)c([C@H]2CCN(C(=O)Cn3nc(C)c(C)cc3=O)C2)c1. The number of carbonyl (C=O) groups excluding carboxylic acids is 1. The van der Waals surface area contributed by atoms with Crippen LogP contribution in [0.3, 0.4) is 0 Å². The van der Waals surface area contributed by atoms with Crippen molar-refractivity contribution < 1.29 is 14.3 Å². The van der Waals surface area contributed by atoms with E-state index < -0.39 is 0 Å². The molecule has 27 heavy (non-hydrogen) atoms. The summed E-state index contributed by atoms with van der Waals surface area (Å²) in [5.74, 6) is 1.63. The first-order chi connectivity index (χ1) is 12.9. The molecule has 1 aromatic heterocycles. The molecule has 3 rings (SSSR count). The number of nitrogens with zero attached hydrogens (tertiary/aromatic N) is 3. The largest absolute Gasteiger partial charge is 0.497 e. The smallest absolute Gasteiger partial charge is 0.267 e. The maximum absolute atomic E-state index is 12.7. The predicted octanol–water partition coefficient (Wildman–Crippen LogP) is 1.89. The van der Waals surface area contributed by atoms with Gasteiger partial charge in [0.05, 0.1) is 19.9 Å². The summed E-state index contributed by atoms with van der Waals surface area (Å²) < 4.78 is 12.0. The fraction of sp³-hybridized carbons (Fsp3) is 0.450. The van der Waals surface area contributed by atoms with E-state index in [0.717, 1.165) is 34.7 Å². The number of ether oxygens (including phenoxy) is 2. The molecule has 144 valence electrons. The van der Waals surface area contributed by atoms with Crippen molar-refractivity contribution >= 4 is 5.91 Å². The molecule has 1 fully saturated rings. The second-order valence-corrected chi connectivity index (χ2v) is 6.84. The summed E-state index contributed by atoms with van der Waals surface area (Å²) in [7, 11) is 3.27. The fourth-order valence-corrected chi connectivity index (χ4v) is 3.41. The maximum Gasteiger partial charge on any atom is 0.267 e. The third-order valence-electron chi connectivity index (χ3n) is 5.14. The first-order valence-corrected chi connectivity index (χ1v) is 8.98. The zero-order valence-corrected chi connectivity index (χ0v) is 16.2. The number of carbonyl (C=O) groups is 1. The van der Waals surface area contributed by atoms with Gasteiger partial charge in [0.15, 0.2) is 0 Å². The highest BCUT2D eigenvalue weighted by Gasteiger charge is 2.29. The number of methoxy groups -OCH3 is 2. The molecule has 0 saturated carbocycles. The highest BCUT2D eigenvalue weighted by molar-refractivity contribution is 5.76. The monoisotopic (exact) mass is 371 g/mol. The van der Waals surface area contributed by atoms with Gasteiger partial charge in [-0.3, -0.25) is 9.59 Å². The van der Waals surface area contributed by atoms with Gasteiger partial charge >= 0.3 is 0 Å². The first-order valence-electron chi connectivity index (χ1n) is 8.98. The van der Waals surface area contributed by atoms with Crippen LogP contribution in [-0.4, -0.2) is 47.9 Å². The summed E-state index contributed by atoms with van der Waals surface area (Å²) in [5, 5.41) is 4.23. The molecule has 1 amide bonds. The van der Waals surface area contributed by atoms with E-state index in [4.69, 9.17) is 9.47 Å². The average molecular weight is 371 g/mol. The molecule has 7 heteroatoms. The van der Waals surface area contributed by atoms with Crippen molar-refractivity contribution in [3.05, 3.63) is 51.4 Å². The third-order valence-corrected chi connectivity index (χ3v) is 5.14. The van der Waals surface area contributed by atoms with Crippen LogP contribution in [0.25, 0.3) is 0 Å². The fourth-order valence-electron chi connectivity index (χ4n) is 3.41. The Morgan fingerprint density at radius 2 is 2.00 bits per heavy atom. The van der Waals surface area contributed by atoms with E-state index in [1.807, 2.05) is 32.0 Å². The number of rotatable bonds is 5. The Hall–Kier alpha value is -2.83. The van der Waals surface area contributed by atoms with Crippen molar-refractivity contribution in [3.8, 4) is 11.5 Å². The van der Waals surface area contributed by atoms with Crippen LogP contribution in [0, 0.1) is 13.8 Å². The zero-order valence-electron chi connectivity index (χ0n) is 16.2. The summed E-state index contributed by atoms with van der Waals surface area (Å²) in [4.78, 5) is 26.6. The summed E-state index contributed by atoms with van der Waals surface area (Å²) >= 11 is 0. The molecule has 2 heterocycles. The Kier molecular flexibility index (Phi) is 5.48. The van der Waals surface area contributed by atoms with E-state index >= 15 is 0 Å². The van der Waals surface area contributed by atoms with E-state index in [1.165, 1.54) is 10.7 Å². The molecule has 0 N–H and O–H groups in total. The molecular weight excluding hydrogens is 346 g/mol. The zero-order chi connectivity index (χ0) is 19.6. The van der Waals surface area contributed by atoms with Gasteiger partial charge < -0.3 is 14.4 Å². The van der Waals surface area contributed by atoms with Gasteiger partial charge in [-0.05, 0) is 44.0 Å². The van der Waals surface area contributed by atoms with Gasteiger partial charge in [-0.15, -0.1) is 0 Å². The number of likely N-dealkylation sites (tertiary alicyclic amines) is 1. The van der Waals surface area contributed by atoms with Crippen LogP contribution in [-0.2, 0) is 11.3 Å². The number of benzene rings is 1. The molecule has 1 atom stereocenters. The first kappa shape index (κ1) is 18.9. The van der Waals surface area contributed by atoms with Gasteiger partial charge in [-0.1, -0.05) is 0 Å². The molecular formula is C20H25N3O4. The second-order valence-electron chi connectivity index (χ2n) is 6.84. The van der Waals surface area contributed by atoms with E-state index in [0.29, 0.717) is 13.1 Å². The summed E-state index contributed by atoms with van der Waals surface area (Å²) in [6, 6.07) is 7.23. The molecule has 1 aromatic carbocycles. The maximum atomic E-state index is 12.7. The highest BCUT2D eigenvalue weighted by atomic mass is 16.5. The van der Waals surface area contributed by atoms with Crippen molar-refractivity contribution in [1.82, 2.24) is 14.7 Å². The molecule has 0 bridgehead atoms. The van der Waals surface area contributed by atoms with Crippen molar-refractivity contribution in [2.45, 2.75) is 32.7 Å². The lowest BCUT2D eigenvalue weighted by molar-refractivity contribution is -0.131. The minimum absolute atomic E-state index is 0.0398. The lowest BCUT2D eigenvalue weighted by atomic mass is 9.97. The van der Waals surface area contributed by atoms with Crippen molar-refractivity contribution in [2.75, 3.05) is 27.3 Å². The number of aryl methyl sites for hydroxylation is 2. The highest BCUT2D eigenvalue weighted by Crippen LogP contribution is 2.36. The normalized spacial score (nSPS) is 16.4. The number of aromatic nitrogens is 2. The van der Waals surface area contributed by atoms with Crippen LogP contribution in [0.4, 0.5) is 0 Å². The molecule has 0 aliphatic carbocycles. The van der Waals surface area contributed by atoms with Crippen LogP contribution in [0.2, 0.25) is 0 Å². The van der Waals surface area contributed by atoms with Gasteiger partial charge in [0.2, 0.25) is 5.91 Å². The third kappa shape index (κ3) is 3.97. The van der Waals surface area contributed by atoms with Gasteiger partial charge in [-0.25, -0.2) is 4.68 Å². The molecule has 0 unspecified atom stereocenters. The Morgan fingerprint density at radius 1 is 1.22 bits per heavy atom. The molecule has 0 spiro atoms. The lowest BCUT2D eigenvalue weighted by Crippen LogP contribution is -2.36. The van der Waals surface area contributed by atoms with Crippen LogP contribution in [0.15, 0.2) is 29.1 Å². The van der Waals surface area contributed by atoms with Crippen molar-refractivity contribution in [2.24, 2.45) is 0 Å². The van der Waals surface area contributed by atoms with Gasteiger partial charge in [-0.2, -0.15) is 5.10 Å². The Labute approximate surface area is 158 Å². The summed E-state index contributed by atoms with van der Waals surface area (Å²) in [5.41, 5.74) is 2.36. The molecule has 2 aromatic rings. The van der Waals surface area contributed by atoms with Crippen LogP contribution in [0.1, 0.15) is 29.2 Å². The number of amides is 1. The van der Waals surface area contributed by atoms with Gasteiger partial charge in [0.1, 0.15) is 18.0 Å². The quantitative estimate of drug-likeness (QED) is 0.803. The minimum atomic E-state index is -0.253. The topological polar surface area (TPSA) is 73.7 Å². The van der Waals surface area contributed by atoms with Crippen molar-refractivity contribution in [1.29, 1.82) is 0 Å². The number of hydrogen-bond acceptors (Lipinski definition) is 5. The van der Waals surface area contributed by atoms with Crippen LogP contribution < -0.4 is 15.0 Å². The molecule has 0 radical (unpaired) electrons. The van der Waals surface area contributed by atoms with Crippen molar-refractivity contribution in [3.63, 3.8) is 0 Å². The lowest BCUT2D eigenvalue weighted by Gasteiger charge is -2.19. The van der Waals surface area contributed by atoms with E-state index in [1.54, 1.807) is 19.1 Å². The van der Waals surface area contributed by atoms with E-state index in [-0.39, 0.29) is 23.9 Å². The predicted molar refractivity (Wildman–Crippen MR) is 101 cm³/mol. The van der Waals surface area contributed by atoms with Crippen LogP contribution >= 0.6 is 0 Å². The molecule has 1 saturated heterocycles. The minimum Gasteiger partial charge on any atom is -0.497 e. The van der Waals surface area contributed by atoms with E-state index in [2.05, 4.69) is 5.10 Å². The molecule has 1 aliphatic heterocycles. The van der Waals surface area contributed by atoms with E-state index in [9.17, 15) is 9.59 Å². The summed E-state index contributed by atoms with van der Waals surface area (Å²) in [6.45, 7) is 4.85. The van der Waals surface area contributed by atoms with Gasteiger partial charge in [0, 0.05) is 30.6 Å². The average Bonchev–Trinajstić information content (AvgIpc) is 3.15. The summed E-state index contributed by atoms with van der Waals surface area (Å²) in [6.07, 6.45) is 0.838. The molecule has 1 aliphatic rings. The van der Waals surface area contributed by atoms with Gasteiger partial charge in [0.25, 0.3) is 5.56 Å². The Balaban J connectivity index is 1.74. The Bertz CT molecular complexity index is 907.